The molecular formula is C5H9NO3. The van der Waals surface area contributed by atoms with Crippen LogP contribution in [0.15, 0.2) is 0 Å². The summed E-state index contributed by atoms with van der Waals surface area (Å²) < 4.78 is 0. The van der Waals surface area contributed by atoms with Gasteiger partial charge < -0.3 is 10.2 Å². The molecule has 0 aromatic rings. The monoisotopic (exact) mass is 131 g/mol. The van der Waals surface area contributed by atoms with Crippen LogP contribution in [0.2, 0.25) is 0 Å². The maximum absolute atomic E-state index is 10.3. The number of aliphatic hydroxyl groups is 1. The fourth-order valence-electron chi connectivity index (χ4n) is 0.732. The molecule has 1 rings (SSSR count). The zero-order valence-corrected chi connectivity index (χ0v) is 4.92. The van der Waals surface area contributed by atoms with Crippen molar-refractivity contribution in [3.63, 3.8) is 0 Å². The second kappa shape index (κ2) is 1.97. The Morgan fingerprint density at radius 2 is 2.33 bits per heavy atom. The summed E-state index contributed by atoms with van der Waals surface area (Å²) in [5, 5.41) is 19.5. The highest BCUT2D eigenvalue weighted by Gasteiger charge is 2.49. The molecule has 4 heteroatoms. The summed E-state index contributed by atoms with van der Waals surface area (Å²) in [5.74, 6) is -0.864. The van der Waals surface area contributed by atoms with E-state index in [0.29, 0.717) is 13.0 Å². The van der Waals surface area contributed by atoms with E-state index in [1.165, 1.54) is 0 Å². The first-order chi connectivity index (χ1) is 4.21. The van der Waals surface area contributed by atoms with Crippen molar-refractivity contribution in [3.8, 4) is 0 Å². The molecule has 0 unspecified atom stereocenters. The van der Waals surface area contributed by atoms with Crippen molar-refractivity contribution in [2.45, 2.75) is 12.0 Å². The average Bonchev–Trinajstić information content (AvgIpc) is 2.49. The molecule has 52 valence electrons. The third kappa shape index (κ3) is 1.04. The van der Waals surface area contributed by atoms with Gasteiger partial charge in [-0.25, -0.2) is 0 Å². The summed E-state index contributed by atoms with van der Waals surface area (Å²) >= 11 is 0. The molecule has 1 heterocycles. The minimum Gasteiger partial charge on any atom is -0.480 e. The van der Waals surface area contributed by atoms with Gasteiger partial charge in [-0.2, -0.15) is 0 Å². The Morgan fingerprint density at radius 3 is 2.44 bits per heavy atom. The molecule has 3 N–H and O–H groups in total. The molecular weight excluding hydrogens is 122 g/mol. The fraction of sp³-hybridized carbons (Fsp3) is 0.800. The average molecular weight is 131 g/mol. The topological polar surface area (TPSA) is 79.5 Å². The van der Waals surface area contributed by atoms with Gasteiger partial charge in [0.05, 0.1) is 0 Å². The normalized spacial score (nSPS) is 32.1. The maximum atomic E-state index is 10.3. The number of carboxylic acids is 1. The van der Waals surface area contributed by atoms with Crippen LogP contribution >= 0.6 is 0 Å². The van der Waals surface area contributed by atoms with Gasteiger partial charge >= 0.3 is 5.97 Å². The number of hydrogen-bond donors (Lipinski definition) is 3. The molecule has 1 aliphatic rings. The van der Waals surface area contributed by atoms with Crippen molar-refractivity contribution in [1.29, 1.82) is 0 Å². The Labute approximate surface area is 52.5 Å². The standard InChI is InChI=1S/C5H9NO3/c7-2-1-5(3-6-5)4(8)9/h6-7H,1-3H2,(H,8,9)/t5-/m1/s1. The number of rotatable bonds is 3. The third-order valence-corrected chi connectivity index (χ3v) is 1.55. The second-order valence-electron chi connectivity index (χ2n) is 2.21. The van der Waals surface area contributed by atoms with Crippen LogP contribution < -0.4 is 5.32 Å². The van der Waals surface area contributed by atoms with Gasteiger partial charge in [-0.15, -0.1) is 0 Å². The lowest BCUT2D eigenvalue weighted by atomic mass is 10.1. The van der Waals surface area contributed by atoms with E-state index >= 15 is 0 Å². The lowest BCUT2D eigenvalue weighted by Gasteiger charge is -2.02. The minimum absolute atomic E-state index is 0.0701. The molecule has 1 atom stereocenters. The molecule has 0 amide bonds. The summed E-state index contributed by atoms with van der Waals surface area (Å²) in [6.45, 7) is 0.419. The van der Waals surface area contributed by atoms with Crippen molar-refractivity contribution in [2.24, 2.45) is 0 Å². The van der Waals surface area contributed by atoms with Gasteiger partial charge in [0.1, 0.15) is 5.54 Å². The predicted molar refractivity (Wildman–Crippen MR) is 30.1 cm³/mol. The highest BCUT2D eigenvalue weighted by atomic mass is 16.4. The first-order valence-corrected chi connectivity index (χ1v) is 2.80. The molecule has 0 radical (unpaired) electrons. The smallest absolute Gasteiger partial charge is 0.325 e. The SMILES string of the molecule is O=C(O)[C@@]1(CCO)CN1. The van der Waals surface area contributed by atoms with E-state index in [0.717, 1.165) is 0 Å². The quantitative estimate of drug-likeness (QED) is 0.420. The number of carbonyl (C=O) groups is 1. The second-order valence-corrected chi connectivity index (χ2v) is 2.21. The molecule has 1 saturated heterocycles. The molecule has 4 nitrogen and oxygen atoms in total. The summed E-state index contributed by atoms with van der Waals surface area (Å²) in [6, 6.07) is 0. The van der Waals surface area contributed by atoms with Gasteiger partial charge in [0.2, 0.25) is 0 Å². The molecule has 0 saturated carbocycles. The molecule has 0 aliphatic carbocycles. The van der Waals surface area contributed by atoms with Crippen LogP contribution in [0.1, 0.15) is 6.42 Å². The van der Waals surface area contributed by atoms with Crippen molar-refractivity contribution in [2.75, 3.05) is 13.2 Å². The van der Waals surface area contributed by atoms with Gasteiger partial charge in [-0.1, -0.05) is 0 Å². The Balaban J connectivity index is 2.43. The van der Waals surface area contributed by atoms with Crippen molar-refractivity contribution in [3.05, 3.63) is 0 Å². The van der Waals surface area contributed by atoms with E-state index in [2.05, 4.69) is 5.32 Å². The highest BCUT2D eigenvalue weighted by molar-refractivity contribution is 5.82. The number of carboxylic acid groups (broad SMARTS) is 1. The van der Waals surface area contributed by atoms with Gasteiger partial charge in [-0.3, -0.25) is 10.1 Å². The summed E-state index contributed by atoms with van der Waals surface area (Å²) in [6.07, 6.45) is 0.308. The first-order valence-electron chi connectivity index (χ1n) is 2.80. The molecule has 9 heavy (non-hydrogen) atoms. The van der Waals surface area contributed by atoms with E-state index in [9.17, 15) is 4.79 Å². The minimum atomic E-state index is -0.864. The fourth-order valence-corrected chi connectivity index (χ4v) is 0.732. The summed E-state index contributed by atoms with van der Waals surface area (Å²) in [5.41, 5.74) is -0.783. The van der Waals surface area contributed by atoms with Crippen LogP contribution in [0, 0.1) is 0 Å². The largest absolute Gasteiger partial charge is 0.480 e. The van der Waals surface area contributed by atoms with Crippen LogP contribution in [-0.2, 0) is 4.79 Å². The van der Waals surface area contributed by atoms with E-state index in [1.807, 2.05) is 0 Å². The highest BCUT2D eigenvalue weighted by Crippen LogP contribution is 2.20. The van der Waals surface area contributed by atoms with Gasteiger partial charge in [0.15, 0.2) is 0 Å². The Kier molecular flexibility index (Phi) is 1.42. The van der Waals surface area contributed by atoms with Crippen LogP contribution in [0.25, 0.3) is 0 Å². The van der Waals surface area contributed by atoms with Gasteiger partial charge in [-0.05, 0) is 0 Å². The molecule has 0 spiro atoms. The zero-order valence-electron chi connectivity index (χ0n) is 4.92. The zero-order chi connectivity index (χ0) is 6.91. The van der Waals surface area contributed by atoms with Crippen molar-refractivity contribution >= 4 is 5.97 Å². The molecule has 0 aromatic carbocycles. The molecule has 0 aromatic heterocycles. The van der Waals surface area contributed by atoms with Crippen molar-refractivity contribution < 1.29 is 15.0 Å². The van der Waals surface area contributed by atoms with Crippen LogP contribution in [0.4, 0.5) is 0 Å². The Morgan fingerprint density at radius 1 is 1.78 bits per heavy atom. The number of aliphatic carboxylic acids is 1. The molecule has 1 aliphatic heterocycles. The first kappa shape index (κ1) is 6.51. The third-order valence-electron chi connectivity index (χ3n) is 1.55. The van der Waals surface area contributed by atoms with Crippen LogP contribution in [0.3, 0.4) is 0 Å². The van der Waals surface area contributed by atoms with Crippen molar-refractivity contribution in [1.82, 2.24) is 5.32 Å². The van der Waals surface area contributed by atoms with E-state index in [1.54, 1.807) is 0 Å². The lowest BCUT2D eigenvalue weighted by molar-refractivity contribution is -0.140. The Hall–Kier alpha value is -0.610. The van der Waals surface area contributed by atoms with E-state index < -0.39 is 11.5 Å². The number of aliphatic hydroxyl groups excluding tert-OH is 1. The van der Waals surface area contributed by atoms with Crippen LogP contribution in [-0.4, -0.2) is 34.9 Å². The van der Waals surface area contributed by atoms with E-state index in [4.69, 9.17) is 10.2 Å². The Bertz CT molecular complexity index is 130. The molecule has 1 fully saturated rings. The number of nitrogens with one attached hydrogen (secondary N) is 1. The van der Waals surface area contributed by atoms with Gasteiger partial charge in [0.25, 0.3) is 0 Å². The number of hydrogen-bond acceptors (Lipinski definition) is 3. The van der Waals surface area contributed by atoms with Gasteiger partial charge in [0, 0.05) is 19.6 Å². The van der Waals surface area contributed by atoms with Crippen LogP contribution in [0.5, 0.6) is 0 Å². The molecule has 0 bridgehead atoms. The maximum Gasteiger partial charge on any atom is 0.325 e. The lowest BCUT2D eigenvalue weighted by Crippen LogP contribution is -2.28. The summed E-state index contributed by atoms with van der Waals surface area (Å²) in [7, 11) is 0. The van der Waals surface area contributed by atoms with E-state index in [-0.39, 0.29) is 6.61 Å². The predicted octanol–water partition coefficient (Wildman–Crippen LogP) is -1.20. The summed E-state index contributed by atoms with van der Waals surface area (Å²) in [4.78, 5) is 10.3.